The van der Waals surface area contributed by atoms with Gasteiger partial charge in [-0.05, 0) is 19.4 Å². The molecule has 0 saturated carbocycles. The van der Waals surface area contributed by atoms with E-state index in [1.165, 1.54) is 6.20 Å². The molecule has 0 unspecified atom stereocenters. The van der Waals surface area contributed by atoms with Crippen LogP contribution in [-0.2, 0) is 4.74 Å². The first-order valence-corrected chi connectivity index (χ1v) is 5.02. The van der Waals surface area contributed by atoms with Gasteiger partial charge in [0.1, 0.15) is 5.82 Å². The van der Waals surface area contributed by atoms with Crippen LogP contribution in [0.3, 0.4) is 0 Å². The number of hydrogen-bond donors (Lipinski definition) is 1. The number of anilines is 1. The van der Waals surface area contributed by atoms with Crippen molar-refractivity contribution in [2.24, 2.45) is 0 Å². The third-order valence-electron chi connectivity index (χ3n) is 1.67. The Hall–Kier alpha value is -1.65. The number of ether oxygens (including phenoxy) is 1. The third kappa shape index (κ3) is 3.53. The Bertz CT molecular complexity index is 328. The topological polar surface area (TPSA) is 64.1 Å². The lowest BCUT2D eigenvalue weighted by Gasteiger charge is -2.04. The lowest BCUT2D eigenvalue weighted by atomic mass is 10.4. The van der Waals surface area contributed by atoms with E-state index in [0.717, 1.165) is 13.0 Å². The summed E-state index contributed by atoms with van der Waals surface area (Å²) in [6, 6.07) is 1.72. The number of carbonyl (C=O) groups is 1. The average molecular weight is 209 g/mol. The molecule has 0 fully saturated rings. The van der Waals surface area contributed by atoms with Gasteiger partial charge in [0.15, 0.2) is 0 Å². The van der Waals surface area contributed by atoms with Crippen LogP contribution in [0.25, 0.3) is 0 Å². The van der Waals surface area contributed by atoms with E-state index in [4.69, 9.17) is 4.74 Å². The minimum atomic E-state index is -0.488. The molecular weight excluding hydrogens is 194 g/mol. The number of carbonyl (C=O) groups excluding carboxylic acids is 1. The molecule has 5 nitrogen and oxygen atoms in total. The monoisotopic (exact) mass is 209 g/mol. The van der Waals surface area contributed by atoms with Crippen molar-refractivity contribution in [3.63, 3.8) is 0 Å². The maximum atomic E-state index is 11.3. The summed E-state index contributed by atoms with van der Waals surface area (Å²) in [6.07, 6.45) is 2.54. The molecule has 0 atom stereocenters. The van der Waals surface area contributed by atoms with E-state index in [1.54, 1.807) is 13.0 Å². The summed E-state index contributed by atoms with van der Waals surface area (Å²) in [5.41, 5.74) is 0. The molecule has 1 N–H and O–H groups in total. The Labute approximate surface area is 88.9 Å². The van der Waals surface area contributed by atoms with Gasteiger partial charge in [-0.25, -0.2) is 14.8 Å². The number of nitrogens with zero attached hydrogens (tertiary/aromatic N) is 2. The molecule has 82 valence electrons. The highest BCUT2D eigenvalue weighted by Crippen LogP contribution is 2.03. The summed E-state index contributed by atoms with van der Waals surface area (Å²) in [7, 11) is 0. The molecule has 1 aromatic heterocycles. The zero-order valence-electron chi connectivity index (χ0n) is 8.99. The molecular formula is C10H15N3O2. The standard InChI is InChI=1S/C10H15N3O2/c1-3-6-11-8-5-7-12-9(13-8)10(14)15-4-2/h5,7H,3-4,6H2,1-2H3,(H,11,12,13). The highest BCUT2D eigenvalue weighted by Gasteiger charge is 2.09. The second kappa shape index (κ2) is 5.95. The molecule has 0 amide bonds. The number of hydrogen-bond acceptors (Lipinski definition) is 5. The minimum Gasteiger partial charge on any atom is -0.460 e. The van der Waals surface area contributed by atoms with Gasteiger partial charge in [0, 0.05) is 12.7 Å². The average Bonchev–Trinajstić information content (AvgIpc) is 2.27. The predicted octanol–water partition coefficient (Wildman–Crippen LogP) is 1.48. The minimum absolute atomic E-state index is 0.0953. The van der Waals surface area contributed by atoms with Crippen LogP contribution < -0.4 is 5.32 Å². The number of nitrogens with one attached hydrogen (secondary N) is 1. The molecule has 0 bridgehead atoms. The Balaban J connectivity index is 2.69. The van der Waals surface area contributed by atoms with Crippen molar-refractivity contribution in [2.45, 2.75) is 20.3 Å². The summed E-state index contributed by atoms with van der Waals surface area (Å²) in [5, 5.41) is 3.07. The van der Waals surface area contributed by atoms with E-state index >= 15 is 0 Å². The third-order valence-corrected chi connectivity index (χ3v) is 1.67. The number of esters is 1. The molecule has 1 heterocycles. The van der Waals surface area contributed by atoms with Gasteiger partial charge in [0.2, 0.25) is 5.82 Å². The van der Waals surface area contributed by atoms with Gasteiger partial charge in [0.05, 0.1) is 6.61 Å². The van der Waals surface area contributed by atoms with Crippen LogP contribution in [0.4, 0.5) is 5.82 Å². The Kier molecular flexibility index (Phi) is 4.53. The zero-order valence-corrected chi connectivity index (χ0v) is 8.99. The fraction of sp³-hybridized carbons (Fsp3) is 0.500. The highest BCUT2D eigenvalue weighted by molar-refractivity contribution is 5.85. The first-order valence-electron chi connectivity index (χ1n) is 5.02. The van der Waals surface area contributed by atoms with Gasteiger partial charge in [-0.2, -0.15) is 0 Å². The number of aromatic nitrogens is 2. The summed E-state index contributed by atoms with van der Waals surface area (Å²) in [6.45, 7) is 4.95. The normalized spacial score (nSPS) is 9.73. The van der Waals surface area contributed by atoms with Gasteiger partial charge in [0.25, 0.3) is 0 Å². The molecule has 1 rings (SSSR count). The van der Waals surface area contributed by atoms with Crippen molar-refractivity contribution in [2.75, 3.05) is 18.5 Å². The summed E-state index contributed by atoms with van der Waals surface area (Å²) in [5.74, 6) is 0.255. The maximum Gasteiger partial charge on any atom is 0.376 e. The van der Waals surface area contributed by atoms with Gasteiger partial charge in [-0.15, -0.1) is 0 Å². The summed E-state index contributed by atoms with van der Waals surface area (Å²) in [4.78, 5) is 19.2. The second-order valence-corrected chi connectivity index (χ2v) is 2.91. The van der Waals surface area contributed by atoms with Crippen molar-refractivity contribution in [1.82, 2.24) is 9.97 Å². The van der Waals surface area contributed by atoms with Crippen LogP contribution in [-0.4, -0.2) is 29.1 Å². The summed E-state index contributed by atoms with van der Waals surface area (Å²) >= 11 is 0. The molecule has 0 aliphatic heterocycles. The quantitative estimate of drug-likeness (QED) is 0.744. The Morgan fingerprint density at radius 1 is 1.53 bits per heavy atom. The van der Waals surface area contributed by atoms with Crippen molar-refractivity contribution >= 4 is 11.8 Å². The van der Waals surface area contributed by atoms with E-state index in [9.17, 15) is 4.79 Å². The van der Waals surface area contributed by atoms with E-state index in [1.807, 2.05) is 0 Å². The van der Waals surface area contributed by atoms with Crippen molar-refractivity contribution in [1.29, 1.82) is 0 Å². The fourth-order valence-electron chi connectivity index (χ4n) is 1.00. The number of rotatable bonds is 5. The summed E-state index contributed by atoms with van der Waals surface area (Å²) < 4.78 is 4.80. The molecule has 0 radical (unpaired) electrons. The van der Waals surface area contributed by atoms with Crippen LogP contribution in [0.1, 0.15) is 30.9 Å². The maximum absolute atomic E-state index is 11.3. The Morgan fingerprint density at radius 2 is 2.33 bits per heavy atom. The largest absolute Gasteiger partial charge is 0.460 e. The first kappa shape index (κ1) is 11.4. The molecule has 0 saturated heterocycles. The molecule has 1 aromatic rings. The van der Waals surface area contributed by atoms with E-state index in [-0.39, 0.29) is 5.82 Å². The highest BCUT2D eigenvalue weighted by atomic mass is 16.5. The van der Waals surface area contributed by atoms with Crippen LogP contribution in [0.5, 0.6) is 0 Å². The predicted molar refractivity (Wildman–Crippen MR) is 56.8 cm³/mol. The fourth-order valence-corrected chi connectivity index (χ4v) is 1.00. The van der Waals surface area contributed by atoms with E-state index in [0.29, 0.717) is 12.4 Å². The van der Waals surface area contributed by atoms with E-state index < -0.39 is 5.97 Å². The molecule has 5 heteroatoms. The van der Waals surface area contributed by atoms with Crippen molar-refractivity contribution in [3.8, 4) is 0 Å². The molecule has 0 aliphatic carbocycles. The second-order valence-electron chi connectivity index (χ2n) is 2.91. The first-order chi connectivity index (χ1) is 7.27. The molecule has 15 heavy (non-hydrogen) atoms. The van der Waals surface area contributed by atoms with Crippen molar-refractivity contribution in [3.05, 3.63) is 18.1 Å². The lowest BCUT2D eigenvalue weighted by molar-refractivity contribution is 0.0512. The zero-order chi connectivity index (χ0) is 11.1. The SMILES string of the molecule is CCCNc1ccnc(C(=O)OCC)n1. The van der Waals surface area contributed by atoms with Gasteiger partial charge < -0.3 is 10.1 Å². The van der Waals surface area contributed by atoms with Gasteiger partial charge in [-0.3, -0.25) is 0 Å². The van der Waals surface area contributed by atoms with Crippen molar-refractivity contribution < 1.29 is 9.53 Å². The van der Waals surface area contributed by atoms with Gasteiger partial charge in [-0.1, -0.05) is 6.92 Å². The Morgan fingerprint density at radius 3 is 3.00 bits per heavy atom. The van der Waals surface area contributed by atoms with E-state index in [2.05, 4.69) is 22.2 Å². The van der Waals surface area contributed by atoms with Gasteiger partial charge >= 0.3 is 5.97 Å². The van der Waals surface area contributed by atoms with Crippen LogP contribution in [0, 0.1) is 0 Å². The molecule has 0 aliphatic rings. The molecule has 0 aromatic carbocycles. The van der Waals surface area contributed by atoms with Crippen LogP contribution in [0.2, 0.25) is 0 Å². The molecule has 0 spiro atoms. The smallest absolute Gasteiger partial charge is 0.376 e. The van der Waals surface area contributed by atoms with Crippen LogP contribution in [0.15, 0.2) is 12.3 Å². The van der Waals surface area contributed by atoms with Crippen LogP contribution >= 0.6 is 0 Å². The lowest BCUT2D eigenvalue weighted by Crippen LogP contribution is -2.11.